The maximum absolute atomic E-state index is 12.6. The molecule has 2 aromatic carbocycles. The Balaban J connectivity index is 1.65. The number of halogens is 1. The molecule has 1 aliphatic rings. The first kappa shape index (κ1) is 18.8. The van der Waals surface area contributed by atoms with Crippen LogP contribution in [-0.2, 0) is 23.8 Å². The van der Waals surface area contributed by atoms with Crippen molar-refractivity contribution in [2.75, 3.05) is 10.5 Å². The van der Waals surface area contributed by atoms with Gasteiger partial charge >= 0.3 is 0 Å². The second kappa shape index (κ2) is 7.59. The first-order chi connectivity index (χ1) is 14.6. The fourth-order valence-corrected chi connectivity index (χ4v) is 4.79. The van der Waals surface area contributed by atoms with E-state index in [1.807, 2.05) is 42.5 Å². The molecule has 0 fully saturated rings. The number of nitrogen functional groups attached to an aromatic ring is 1. The van der Waals surface area contributed by atoms with Crippen molar-refractivity contribution < 1.29 is 8.63 Å². The zero-order valence-corrected chi connectivity index (χ0v) is 17.3. The standard InChI is InChI=1S/C22H17ClN4O2S/c23-17-10-14-6-7-18-20(21(26-22(24)25-18)13-4-2-1-3-5-13)16(14)11-19(17)27-30(28)15-8-9-29-12-15/h1-5,8-12,27H,6-7H2,(H2,24,25,26). The molecule has 0 radical (unpaired) electrons. The van der Waals surface area contributed by atoms with E-state index in [0.717, 1.165) is 46.5 Å². The molecule has 0 bridgehead atoms. The highest BCUT2D eigenvalue weighted by Gasteiger charge is 2.25. The van der Waals surface area contributed by atoms with Gasteiger partial charge in [0.25, 0.3) is 0 Å². The molecule has 0 amide bonds. The van der Waals surface area contributed by atoms with E-state index in [2.05, 4.69) is 14.7 Å². The number of nitrogens with one attached hydrogen (secondary N) is 1. The van der Waals surface area contributed by atoms with Gasteiger partial charge in [0, 0.05) is 11.1 Å². The number of hydrogen-bond acceptors (Lipinski definition) is 5. The van der Waals surface area contributed by atoms with Crippen LogP contribution in [0.1, 0.15) is 11.3 Å². The van der Waals surface area contributed by atoms with Gasteiger partial charge in [0.1, 0.15) is 6.26 Å². The van der Waals surface area contributed by atoms with Gasteiger partial charge in [-0.25, -0.2) is 14.2 Å². The Hall–Kier alpha value is -3.16. The summed E-state index contributed by atoms with van der Waals surface area (Å²) in [4.78, 5) is 9.58. The van der Waals surface area contributed by atoms with E-state index in [4.69, 9.17) is 21.8 Å². The smallest absolute Gasteiger partial charge is 0.220 e. The van der Waals surface area contributed by atoms with E-state index >= 15 is 0 Å². The van der Waals surface area contributed by atoms with Crippen LogP contribution in [0.25, 0.3) is 22.4 Å². The van der Waals surface area contributed by atoms with Crippen molar-refractivity contribution in [3.8, 4) is 22.4 Å². The number of fused-ring (bicyclic) bond motifs is 3. The summed E-state index contributed by atoms with van der Waals surface area (Å²) in [5.41, 5.74) is 12.2. The van der Waals surface area contributed by atoms with Gasteiger partial charge in [-0.15, -0.1) is 0 Å². The number of nitrogens with two attached hydrogens (primary N) is 1. The van der Waals surface area contributed by atoms with Gasteiger partial charge in [0.15, 0.2) is 11.0 Å². The van der Waals surface area contributed by atoms with E-state index < -0.39 is 11.0 Å². The lowest BCUT2D eigenvalue weighted by Crippen LogP contribution is -2.12. The number of aryl methyl sites for hydroxylation is 2. The molecule has 3 N–H and O–H groups in total. The molecule has 4 aromatic rings. The Morgan fingerprint density at radius 1 is 1.10 bits per heavy atom. The third kappa shape index (κ3) is 3.36. The van der Waals surface area contributed by atoms with Crippen LogP contribution in [-0.4, -0.2) is 14.2 Å². The minimum Gasteiger partial charge on any atom is -0.471 e. The maximum Gasteiger partial charge on any atom is 0.220 e. The average Bonchev–Trinajstić information content (AvgIpc) is 3.29. The number of nitrogens with zero attached hydrogens (tertiary/aromatic N) is 2. The SMILES string of the molecule is Nc1nc2c(c(-c3ccccc3)n1)-c1cc(NS(=O)c3ccoc3)c(Cl)cc1CC2. The predicted octanol–water partition coefficient (Wildman–Crippen LogP) is 4.87. The second-order valence-electron chi connectivity index (χ2n) is 6.94. The largest absolute Gasteiger partial charge is 0.471 e. The summed E-state index contributed by atoms with van der Waals surface area (Å²) in [6.07, 6.45) is 4.46. The summed E-state index contributed by atoms with van der Waals surface area (Å²) < 4.78 is 20.6. The first-order valence-corrected chi connectivity index (χ1v) is 10.9. The molecule has 1 aliphatic carbocycles. The lowest BCUT2D eigenvalue weighted by molar-refractivity contribution is 0.561. The zero-order chi connectivity index (χ0) is 20.7. The van der Waals surface area contributed by atoms with Crippen molar-refractivity contribution in [1.82, 2.24) is 9.97 Å². The Morgan fingerprint density at radius 3 is 2.70 bits per heavy atom. The molecule has 0 aliphatic heterocycles. The lowest BCUT2D eigenvalue weighted by atomic mass is 9.86. The summed E-state index contributed by atoms with van der Waals surface area (Å²) >= 11 is 6.50. The van der Waals surface area contributed by atoms with E-state index in [1.54, 1.807) is 6.07 Å². The number of anilines is 2. The second-order valence-corrected chi connectivity index (χ2v) is 8.56. The quantitative estimate of drug-likeness (QED) is 0.475. The van der Waals surface area contributed by atoms with Gasteiger partial charge in [-0.1, -0.05) is 41.9 Å². The molecular weight excluding hydrogens is 420 g/mol. The van der Waals surface area contributed by atoms with Crippen molar-refractivity contribution in [2.24, 2.45) is 0 Å². The van der Waals surface area contributed by atoms with Crippen LogP contribution in [0.15, 0.2) is 70.4 Å². The molecule has 6 nitrogen and oxygen atoms in total. The molecule has 150 valence electrons. The molecule has 2 heterocycles. The highest BCUT2D eigenvalue weighted by molar-refractivity contribution is 7.86. The predicted molar refractivity (Wildman–Crippen MR) is 118 cm³/mol. The van der Waals surface area contributed by atoms with Crippen LogP contribution in [0, 0.1) is 0 Å². The van der Waals surface area contributed by atoms with Crippen LogP contribution in [0.5, 0.6) is 0 Å². The molecule has 0 saturated heterocycles. The van der Waals surface area contributed by atoms with Crippen molar-refractivity contribution in [1.29, 1.82) is 0 Å². The first-order valence-electron chi connectivity index (χ1n) is 9.35. The molecule has 2 aromatic heterocycles. The van der Waals surface area contributed by atoms with Crippen molar-refractivity contribution in [3.05, 3.63) is 77.3 Å². The van der Waals surface area contributed by atoms with Crippen LogP contribution >= 0.6 is 11.6 Å². The molecule has 1 atom stereocenters. The van der Waals surface area contributed by atoms with Crippen LogP contribution in [0.4, 0.5) is 11.6 Å². The normalized spacial score (nSPS) is 13.4. The average molecular weight is 437 g/mol. The van der Waals surface area contributed by atoms with E-state index in [9.17, 15) is 4.21 Å². The Labute approximate surface area is 180 Å². The van der Waals surface area contributed by atoms with Crippen LogP contribution < -0.4 is 10.5 Å². The molecule has 30 heavy (non-hydrogen) atoms. The summed E-state index contributed by atoms with van der Waals surface area (Å²) in [5.74, 6) is 0.254. The Kier molecular flexibility index (Phi) is 4.77. The third-order valence-corrected chi connectivity index (χ3v) is 6.43. The fourth-order valence-electron chi connectivity index (χ4n) is 3.70. The summed E-state index contributed by atoms with van der Waals surface area (Å²) in [6, 6.07) is 15.4. The lowest BCUT2D eigenvalue weighted by Gasteiger charge is -2.23. The third-order valence-electron chi connectivity index (χ3n) is 5.05. The summed E-state index contributed by atoms with van der Waals surface area (Å²) in [6.45, 7) is 0. The van der Waals surface area contributed by atoms with Crippen molar-refractivity contribution >= 4 is 34.2 Å². The Bertz CT molecular complexity index is 1260. The van der Waals surface area contributed by atoms with Gasteiger partial charge in [0.2, 0.25) is 5.95 Å². The van der Waals surface area contributed by atoms with E-state index in [1.165, 1.54) is 12.5 Å². The van der Waals surface area contributed by atoms with Crippen LogP contribution in [0.3, 0.4) is 0 Å². The molecule has 8 heteroatoms. The molecule has 0 saturated carbocycles. The number of hydrogen-bond donors (Lipinski definition) is 2. The molecule has 0 spiro atoms. The zero-order valence-electron chi connectivity index (χ0n) is 15.8. The summed E-state index contributed by atoms with van der Waals surface area (Å²) in [5, 5.41) is 0.506. The van der Waals surface area contributed by atoms with Gasteiger partial charge < -0.3 is 10.2 Å². The Morgan fingerprint density at radius 2 is 1.93 bits per heavy atom. The highest BCUT2D eigenvalue weighted by atomic mass is 35.5. The van der Waals surface area contributed by atoms with Crippen molar-refractivity contribution in [3.63, 3.8) is 0 Å². The number of benzene rings is 2. The maximum atomic E-state index is 12.6. The number of rotatable bonds is 4. The topological polar surface area (TPSA) is 94.0 Å². The monoisotopic (exact) mass is 436 g/mol. The fraction of sp³-hybridized carbons (Fsp3) is 0.0909. The minimum absolute atomic E-state index is 0.254. The molecule has 1 unspecified atom stereocenters. The van der Waals surface area contributed by atoms with Gasteiger partial charge in [0.05, 0.1) is 33.3 Å². The highest BCUT2D eigenvalue weighted by Crippen LogP contribution is 2.42. The minimum atomic E-state index is -1.50. The van der Waals surface area contributed by atoms with E-state index in [0.29, 0.717) is 15.6 Å². The van der Waals surface area contributed by atoms with Gasteiger partial charge in [-0.3, -0.25) is 4.72 Å². The number of aromatic nitrogens is 2. The molecular formula is C22H17ClN4O2S. The van der Waals surface area contributed by atoms with Gasteiger partial charge in [-0.05, 0) is 42.2 Å². The van der Waals surface area contributed by atoms with Crippen molar-refractivity contribution in [2.45, 2.75) is 17.7 Å². The van der Waals surface area contributed by atoms with E-state index in [-0.39, 0.29) is 5.95 Å². The van der Waals surface area contributed by atoms with Gasteiger partial charge in [-0.2, -0.15) is 0 Å². The van der Waals surface area contributed by atoms with Crippen LogP contribution in [0.2, 0.25) is 5.02 Å². The number of furan rings is 1. The molecule has 5 rings (SSSR count). The summed E-state index contributed by atoms with van der Waals surface area (Å²) in [7, 11) is -1.50.